The molecular formula is C10H15NS. The van der Waals surface area contributed by atoms with E-state index in [0.29, 0.717) is 10.5 Å². The molecule has 0 aliphatic heterocycles. The first kappa shape index (κ1) is 9.59. The predicted molar refractivity (Wildman–Crippen MR) is 55.4 cm³/mol. The number of pyridine rings is 1. The lowest BCUT2D eigenvalue weighted by molar-refractivity contribution is 0.985. The SMILES string of the molecule is CC(C)SC(C)c1ccccn1. The van der Waals surface area contributed by atoms with Crippen LogP contribution >= 0.6 is 11.8 Å². The Balaban J connectivity index is 2.59. The van der Waals surface area contributed by atoms with E-state index >= 15 is 0 Å². The molecule has 1 rings (SSSR count). The molecule has 1 atom stereocenters. The van der Waals surface area contributed by atoms with E-state index in [1.807, 2.05) is 30.1 Å². The van der Waals surface area contributed by atoms with E-state index in [2.05, 4.69) is 31.8 Å². The van der Waals surface area contributed by atoms with Crippen LogP contribution in [-0.4, -0.2) is 10.2 Å². The Bertz CT molecular complexity index is 221. The van der Waals surface area contributed by atoms with Crippen LogP contribution in [0.5, 0.6) is 0 Å². The highest BCUT2D eigenvalue weighted by molar-refractivity contribution is 8.00. The second-order valence-electron chi connectivity index (χ2n) is 3.08. The van der Waals surface area contributed by atoms with Gasteiger partial charge in [-0.2, -0.15) is 0 Å². The van der Waals surface area contributed by atoms with Gasteiger partial charge < -0.3 is 0 Å². The van der Waals surface area contributed by atoms with Gasteiger partial charge in [0.1, 0.15) is 0 Å². The van der Waals surface area contributed by atoms with Crippen molar-refractivity contribution in [3.8, 4) is 0 Å². The van der Waals surface area contributed by atoms with Crippen molar-refractivity contribution in [2.24, 2.45) is 0 Å². The minimum absolute atomic E-state index is 0.506. The van der Waals surface area contributed by atoms with Crippen molar-refractivity contribution in [1.29, 1.82) is 0 Å². The fraction of sp³-hybridized carbons (Fsp3) is 0.500. The molecule has 0 aliphatic rings. The van der Waals surface area contributed by atoms with Gasteiger partial charge in [-0.1, -0.05) is 19.9 Å². The molecule has 0 fully saturated rings. The number of hydrogen-bond donors (Lipinski definition) is 0. The first-order valence-electron chi connectivity index (χ1n) is 4.26. The molecule has 0 amide bonds. The van der Waals surface area contributed by atoms with Crippen LogP contribution in [0.15, 0.2) is 24.4 Å². The maximum atomic E-state index is 4.31. The third-order valence-electron chi connectivity index (χ3n) is 1.58. The summed E-state index contributed by atoms with van der Waals surface area (Å²) < 4.78 is 0. The van der Waals surface area contributed by atoms with Gasteiger partial charge in [-0.15, -0.1) is 11.8 Å². The first-order valence-corrected chi connectivity index (χ1v) is 5.21. The van der Waals surface area contributed by atoms with E-state index in [-0.39, 0.29) is 0 Å². The quantitative estimate of drug-likeness (QED) is 0.709. The van der Waals surface area contributed by atoms with Crippen LogP contribution in [0.1, 0.15) is 31.7 Å². The Morgan fingerprint density at radius 3 is 2.50 bits per heavy atom. The van der Waals surface area contributed by atoms with E-state index < -0.39 is 0 Å². The molecule has 0 bridgehead atoms. The molecule has 12 heavy (non-hydrogen) atoms. The topological polar surface area (TPSA) is 12.9 Å². The number of hydrogen-bond acceptors (Lipinski definition) is 2. The van der Waals surface area contributed by atoms with E-state index in [9.17, 15) is 0 Å². The molecule has 0 aromatic carbocycles. The average molecular weight is 181 g/mol. The standard InChI is InChI=1S/C10H15NS/c1-8(2)12-9(3)10-6-4-5-7-11-10/h4-9H,1-3H3. The molecule has 1 nitrogen and oxygen atoms in total. The second-order valence-corrected chi connectivity index (χ2v) is 5.00. The molecular weight excluding hydrogens is 166 g/mol. The number of rotatable bonds is 3. The lowest BCUT2D eigenvalue weighted by Gasteiger charge is -2.12. The van der Waals surface area contributed by atoms with Gasteiger partial charge in [-0.3, -0.25) is 4.98 Å². The molecule has 0 saturated carbocycles. The van der Waals surface area contributed by atoms with E-state index in [4.69, 9.17) is 0 Å². The highest BCUT2D eigenvalue weighted by atomic mass is 32.2. The zero-order valence-electron chi connectivity index (χ0n) is 7.82. The maximum Gasteiger partial charge on any atom is 0.0530 e. The van der Waals surface area contributed by atoms with Gasteiger partial charge in [0, 0.05) is 11.4 Å². The van der Waals surface area contributed by atoms with Crippen LogP contribution in [0.25, 0.3) is 0 Å². The monoisotopic (exact) mass is 181 g/mol. The van der Waals surface area contributed by atoms with Gasteiger partial charge in [0.15, 0.2) is 0 Å². The number of thioether (sulfide) groups is 1. The third kappa shape index (κ3) is 2.86. The second kappa shape index (κ2) is 4.51. The summed E-state index contributed by atoms with van der Waals surface area (Å²) in [6.07, 6.45) is 1.85. The van der Waals surface area contributed by atoms with Crippen LogP contribution in [0, 0.1) is 0 Å². The molecule has 0 radical (unpaired) electrons. The van der Waals surface area contributed by atoms with Gasteiger partial charge in [-0.25, -0.2) is 0 Å². The van der Waals surface area contributed by atoms with E-state index in [0.717, 1.165) is 0 Å². The predicted octanol–water partition coefficient (Wildman–Crippen LogP) is 3.28. The van der Waals surface area contributed by atoms with Gasteiger partial charge >= 0.3 is 0 Å². The Morgan fingerprint density at radius 2 is 2.00 bits per heavy atom. The molecule has 66 valence electrons. The lowest BCUT2D eigenvalue weighted by Crippen LogP contribution is -1.96. The largest absolute Gasteiger partial charge is 0.260 e. The zero-order valence-corrected chi connectivity index (χ0v) is 8.64. The maximum absolute atomic E-state index is 4.31. The van der Waals surface area contributed by atoms with E-state index in [1.54, 1.807) is 0 Å². The van der Waals surface area contributed by atoms with E-state index in [1.165, 1.54) is 5.69 Å². The van der Waals surface area contributed by atoms with Crippen molar-refractivity contribution in [3.63, 3.8) is 0 Å². The van der Waals surface area contributed by atoms with Crippen LogP contribution < -0.4 is 0 Å². The summed E-state index contributed by atoms with van der Waals surface area (Å²) in [5.41, 5.74) is 1.18. The average Bonchev–Trinajstić information content (AvgIpc) is 2.05. The molecule has 0 N–H and O–H groups in total. The molecule has 0 saturated heterocycles. The molecule has 1 aromatic heterocycles. The summed E-state index contributed by atoms with van der Waals surface area (Å²) in [6.45, 7) is 6.63. The third-order valence-corrected chi connectivity index (χ3v) is 2.77. The Labute approximate surface area is 78.6 Å². The van der Waals surface area contributed by atoms with Crippen molar-refractivity contribution in [1.82, 2.24) is 4.98 Å². The fourth-order valence-corrected chi connectivity index (χ4v) is 2.19. The van der Waals surface area contributed by atoms with Crippen molar-refractivity contribution >= 4 is 11.8 Å². The first-order chi connectivity index (χ1) is 5.70. The Hall–Kier alpha value is -0.500. The highest BCUT2D eigenvalue weighted by Gasteiger charge is 2.07. The molecule has 1 unspecified atom stereocenters. The van der Waals surface area contributed by atoms with Gasteiger partial charge in [0.05, 0.1) is 5.69 Å². The number of aromatic nitrogens is 1. The zero-order chi connectivity index (χ0) is 8.97. The normalized spacial score (nSPS) is 13.3. The minimum Gasteiger partial charge on any atom is -0.260 e. The van der Waals surface area contributed by atoms with Crippen molar-refractivity contribution in [2.75, 3.05) is 0 Å². The molecule has 2 heteroatoms. The fourth-order valence-electron chi connectivity index (χ4n) is 1.09. The minimum atomic E-state index is 0.506. The number of nitrogens with zero attached hydrogens (tertiary/aromatic N) is 1. The lowest BCUT2D eigenvalue weighted by atomic mass is 10.3. The van der Waals surface area contributed by atoms with Crippen molar-refractivity contribution < 1.29 is 0 Å². The smallest absolute Gasteiger partial charge is 0.0530 e. The van der Waals surface area contributed by atoms with Crippen molar-refractivity contribution in [2.45, 2.75) is 31.3 Å². The Morgan fingerprint density at radius 1 is 1.25 bits per heavy atom. The molecule has 0 aliphatic carbocycles. The van der Waals surface area contributed by atoms with Gasteiger partial charge in [-0.05, 0) is 24.3 Å². The van der Waals surface area contributed by atoms with Crippen LogP contribution in [0.4, 0.5) is 0 Å². The van der Waals surface area contributed by atoms with Crippen molar-refractivity contribution in [3.05, 3.63) is 30.1 Å². The summed E-state index contributed by atoms with van der Waals surface area (Å²) in [6, 6.07) is 6.08. The summed E-state index contributed by atoms with van der Waals surface area (Å²) in [5, 5.41) is 1.17. The highest BCUT2D eigenvalue weighted by Crippen LogP contribution is 2.29. The van der Waals surface area contributed by atoms with Gasteiger partial charge in [0.25, 0.3) is 0 Å². The van der Waals surface area contributed by atoms with Crippen LogP contribution in [0.2, 0.25) is 0 Å². The summed E-state index contributed by atoms with van der Waals surface area (Å²) in [7, 11) is 0. The molecule has 1 heterocycles. The van der Waals surface area contributed by atoms with Crippen LogP contribution in [-0.2, 0) is 0 Å². The summed E-state index contributed by atoms with van der Waals surface area (Å²) >= 11 is 1.94. The van der Waals surface area contributed by atoms with Gasteiger partial charge in [0.2, 0.25) is 0 Å². The molecule has 1 aromatic rings. The van der Waals surface area contributed by atoms with Crippen LogP contribution in [0.3, 0.4) is 0 Å². The summed E-state index contributed by atoms with van der Waals surface area (Å²) in [4.78, 5) is 4.31. The molecule has 0 spiro atoms. The Kier molecular flexibility index (Phi) is 3.60. The summed E-state index contributed by atoms with van der Waals surface area (Å²) in [5.74, 6) is 0.